The standard InChI is InChI=1S/C6H7F4N3O/c7-5(8)6(9,10)2-13-4(14)1-3(11)12-13/h5H,1-2H2,(H2,11,12). The number of nitrogens with two attached hydrogens (primary N) is 1. The molecule has 8 heteroatoms. The maximum absolute atomic E-state index is 12.4. The summed E-state index contributed by atoms with van der Waals surface area (Å²) in [5, 5.41) is 3.47. The van der Waals surface area contributed by atoms with E-state index in [4.69, 9.17) is 5.73 Å². The molecule has 0 aromatic carbocycles. The zero-order valence-electron chi connectivity index (χ0n) is 6.88. The Labute approximate surface area is 76.3 Å². The lowest BCUT2D eigenvalue weighted by molar-refractivity contribution is -0.154. The Morgan fingerprint density at radius 2 is 2.14 bits per heavy atom. The largest absolute Gasteiger partial charge is 0.385 e. The molecule has 0 fully saturated rings. The summed E-state index contributed by atoms with van der Waals surface area (Å²) in [5.74, 6) is -5.22. The van der Waals surface area contributed by atoms with E-state index in [1.807, 2.05) is 0 Å². The van der Waals surface area contributed by atoms with Gasteiger partial charge in [0.05, 0.1) is 6.42 Å². The van der Waals surface area contributed by atoms with Crippen LogP contribution in [0.4, 0.5) is 17.6 Å². The Morgan fingerprint density at radius 1 is 1.57 bits per heavy atom. The molecule has 4 nitrogen and oxygen atoms in total. The van der Waals surface area contributed by atoms with Gasteiger partial charge in [0, 0.05) is 0 Å². The van der Waals surface area contributed by atoms with Crippen LogP contribution < -0.4 is 5.73 Å². The smallest absolute Gasteiger partial charge is 0.326 e. The van der Waals surface area contributed by atoms with Gasteiger partial charge in [0.15, 0.2) is 0 Å². The average molecular weight is 213 g/mol. The molecule has 1 heterocycles. The summed E-state index contributed by atoms with van der Waals surface area (Å²) in [4.78, 5) is 10.8. The van der Waals surface area contributed by atoms with Gasteiger partial charge in [-0.3, -0.25) is 4.79 Å². The van der Waals surface area contributed by atoms with E-state index >= 15 is 0 Å². The van der Waals surface area contributed by atoms with Gasteiger partial charge >= 0.3 is 12.3 Å². The number of hydrazone groups is 1. The molecule has 0 aromatic rings. The summed E-state index contributed by atoms with van der Waals surface area (Å²) >= 11 is 0. The maximum atomic E-state index is 12.4. The maximum Gasteiger partial charge on any atom is 0.326 e. The number of halogens is 4. The van der Waals surface area contributed by atoms with Crippen LogP contribution >= 0.6 is 0 Å². The Kier molecular flexibility index (Phi) is 2.63. The van der Waals surface area contributed by atoms with E-state index in [9.17, 15) is 22.4 Å². The summed E-state index contributed by atoms with van der Waals surface area (Å²) < 4.78 is 48.3. The molecule has 0 aliphatic carbocycles. The second kappa shape index (κ2) is 3.43. The first-order valence-electron chi connectivity index (χ1n) is 3.62. The topological polar surface area (TPSA) is 58.7 Å². The van der Waals surface area contributed by atoms with E-state index in [0.717, 1.165) is 0 Å². The summed E-state index contributed by atoms with van der Waals surface area (Å²) in [6.07, 6.45) is -4.13. The first-order valence-corrected chi connectivity index (χ1v) is 3.62. The van der Waals surface area contributed by atoms with Crippen LogP contribution in [0.5, 0.6) is 0 Å². The van der Waals surface area contributed by atoms with Crippen molar-refractivity contribution in [2.75, 3.05) is 6.54 Å². The van der Waals surface area contributed by atoms with Gasteiger partial charge in [0.25, 0.3) is 5.91 Å². The van der Waals surface area contributed by atoms with Crippen molar-refractivity contribution in [3.63, 3.8) is 0 Å². The van der Waals surface area contributed by atoms with Crippen LogP contribution in [0.3, 0.4) is 0 Å². The van der Waals surface area contributed by atoms with Crippen molar-refractivity contribution in [2.24, 2.45) is 10.8 Å². The molecular weight excluding hydrogens is 206 g/mol. The quantitative estimate of drug-likeness (QED) is 0.689. The molecule has 0 atom stereocenters. The number of amides is 1. The highest BCUT2D eigenvalue weighted by Crippen LogP contribution is 2.25. The number of hydrogen-bond acceptors (Lipinski definition) is 3. The molecule has 1 rings (SSSR count). The SMILES string of the molecule is NC1=NN(CC(F)(F)C(F)F)C(=O)C1. The van der Waals surface area contributed by atoms with Crippen LogP contribution in [0.1, 0.15) is 6.42 Å². The summed E-state index contributed by atoms with van der Waals surface area (Å²) in [5.41, 5.74) is 5.07. The monoisotopic (exact) mass is 213 g/mol. The molecule has 1 aliphatic heterocycles. The average Bonchev–Trinajstić information content (AvgIpc) is 2.29. The van der Waals surface area contributed by atoms with E-state index in [2.05, 4.69) is 5.10 Å². The molecule has 14 heavy (non-hydrogen) atoms. The molecule has 0 bridgehead atoms. The number of nitrogens with zero attached hydrogens (tertiary/aromatic N) is 2. The predicted molar refractivity (Wildman–Crippen MR) is 38.9 cm³/mol. The van der Waals surface area contributed by atoms with Crippen molar-refractivity contribution in [2.45, 2.75) is 18.8 Å². The van der Waals surface area contributed by atoms with Gasteiger partial charge in [0.2, 0.25) is 0 Å². The molecule has 0 spiro atoms. The fraction of sp³-hybridized carbons (Fsp3) is 0.667. The lowest BCUT2D eigenvalue weighted by atomic mass is 10.3. The van der Waals surface area contributed by atoms with Crippen molar-refractivity contribution in [3.05, 3.63) is 0 Å². The van der Waals surface area contributed by atoms with Crippen LogP contribution in [-0.2, 0) is 4.79 Å². The molecule has 0 saturated carbocycles. The van der Waals surface area contributed by atoms with Crippen LogP contribution in [0, 0.1) is 0 Å². The molecule has 80 valence electrons. The fourth-order valence-electron chi connectivity index (χ4n) is 0.885. The number of amidine groups is 1. The first kappa shape index (κ1) is 10.7. The molecular formula is C6H7F4N3O. The molecule has 0 saturated heterocycles. The minimum Gasteiger partial charge on any atom is -0.385 e. The predicted octanol–water partition coefficient (Wildman–Crippen LogP) is 0.391. The van der Waals surface area contributed by atoms with Gasteiger partial charge in [-0.1, -0.05) is 0 Å². The van der Waals surface area contributed by atoms with Gasteiger partial charge in [-0.15, -0.1) is 0 Å². The van der Waals surface area contributed by atoms with E-state index in [1.54, 1.807) is 0 Å². The highest BCUT2D eigenvalue weighted by molar-refractivity contribution is 6.02. The second-order valence-electron chi connectivity index (χ2n) is 2.78. The van der Waals surface area contributed by atoms with Gasteiger partial charge < -0.3 is 5.73 Å². The van der Waals surface area contributed by atoms with Crippen LogP contribution in [0.25, 0.3) is 0 Å². The zero-order chi connectivity index (χ0) is 10.9. The van der Waals surface area contributed by atoms with Crippen LogP contribution in [-0.4, -0.2) is 35.6 Å². The zero-order valence-corrected chi connectivity index (χ0v) is 6.88. The Morgan fingerprint density at radius 3 is 2.50 bits per heavy atom. The van der Waals surface area contributed by atoms with Crippen molar-refractivity contribution >= 4 is 11.7 Å². The van der Waals surface area contributed by atoms with Crippen LogP contribution in [0.2, 0.25) is 0 Å². The summed E-state index contributed by atoms with van der Waals surface area (Å²) in [7, 11) is 0. The van der Waals surface area contributed by atoms with Gasteiger partial charge in [-0.2, -0.15) is 13.9 Å². The lowest BCUT2D eigenvalue weighted by Crippen LogP contribution is -2.40. The van der Waals surface area contributed by atoms with Crippen molar-refractivity contribution in [1.82, 2.24) is 5.01 Å². The normalized spacial score (nSPS) is 17.9. The first-order chi connectivity index (χ1) is 6.33. The van der Waals surface area contributed by atoms with Crippen molar-refractivity contribution < 1.29 is 22.4 Å². The number of carbonyl (C=O) groups is 1. The molecule has 1 amide bonds. The second-order valence-corrected chi connectivity index (χ2v) is 2.78. The van der Waals surface area contributed by atoms with E-state index in [1.165, 1.54) is 0 Å². The third kappa shape index (κ3) is 2.12. The van der Waals surface area contributed by atoms with Crippen molar-refractivity contribution in [3.8, 4) is 0 Å². The third-order valence-electron chi connectivity index (χ3n) is 1.55. The van der Waals surface area contributed by atoms with Crippen LogP contribution in [0.15, 0.2) is 5.10 Å². The molecule has 1 aliphatic rings. The minimum atomic E-state index is -4.26. The van der Waals surface area contributed by atoms with E-state index in [-0.39, 0.29) is 17.3 Å². The van der Waals surface area contributed by atoms with Gasteiger partial charge in [-0.25, -0.2) is 13.8 Å². The highest BCUT2D eigenvalue weighted by Gasteiger charge is 2.44. The minimum absolute atomic E-state index is 0.153. The van der Waals surface area contributed by atoms with Gasteiger partial charge in [-0.05, 0) is 0 Å². The number of hydrogen-bond donors (Lipinski definition) is 1. The molecule has 0 aromatic heterocycles. The summed E-state index contributed by atoms with van der Waals surface area (Å²) in [6, 6.07) is 0. The third-order valence-corrected chi connectivity index (χ3v) is 1.55. The Bertz CT molecular complexity index is 278. The lowest BCUT2D eigenvalue weighted by Gasteiger charge is -2.19. The number of rotatable bonds is 3. The molecule has 2 N–H and O–H groups in total. The molecule has 0 unspecified atom stereocenters. The highest BCUT2D eigenvalue weighted by atomic mass is 19.3. The van der Waals surface area contributed by atoms with E-state index < -0.39 is 24.8 Å². The Hall–Kier alpha value is -1.34. The molecule has 0 radical (unpaired) electrons. The van der Waals surface area contributed by atoms with Gasteiger partial charge in [0.1, 0.15) is 12.4 Å². The van der Waals surface area contributed by atoms with E-state index in [0.29, 0.717) is 0 Å². The Balaban J connectivity index is 2.65. The number of alkyl halides is 4. The fourth-order valence-corrected chi connectivity index (χ4v) is 0.885. The summed E-state index contributed by atoms with van der Waals surface area (Å²) in [6.45, 7) is -1.44. The number of carbonyl (C=O) groups excluding carboxylic acids is 1. The van der Waals surface area contributed by atoms with Crippen molar-refractivity contribution in [1.29, 1.82) is 0 Å².